The van der Waals surface area contributed by atoms with Crippen LogP contribution in [0.2, 0.25) is 0 Å². The highest BCUT2D eigenvalue weighted by molar-refractivity contribution is 5.53. The van der Waals surface area contributed by atoms with Gasteiger partial charge in [0, 0.05) is 17.6 Å². The van der Waals surface area contributed by atoms with Gasteiger partial charge in [0.25, 0.3) is 0 Å². The number of fused-ring (bicyclic) bond motifs is 1. The highest BCUT2D eigenvalue weighted by Crippen LogP contribution is 2.42. The van der Waals surface area contributed by atoms with Gasteiger partial charge in [-0.3, -0.25) is 0 Å². The van der Waals surface area contributed by atoms with E-state index in [0.29, 0.717) is 19.3 Å². The third-order valence-electron chi connectivity index (χ3n) is 6.93. The maximum absolute atomic E-state index is 11.2. The fraction of sp³-hybridized carbons (Fsp3) is 0.379. The van der Waals surface area contributed by atoms with Gasteiger partial charge >= 0.3 is 0 Å². The van der Waals surface area contributed by atoms with Crippen LogP contribution in [0.3, 0.4) is 0 Å². The molecule has 5 rings (SSSR count). The Kier molecular flexibility index (Phi) is 6.94. The van der Waals surface area contributed by atoms with Gasteiger partial charge in [0.05, 0.1) is 6.10 Å². The van der Waals surface area contributed by atoms with Crippen molar-refractivity contribution < 1.29 is 14.6 Å². The van der Waals surface area contributed by atoms with Crippen LogP contribution in [-0.2, 0) is 19.6 Å². The van der Waals surface area contributed by atoms with Crippen LogP contribution in [0.1, 0.15) is 60.5 Å². The summed E-state index contributed by atoms with van der Waals surface area (Å²) in [5.41, 5.74) is 4.27. The van der Waals surface area contributed by atoms with E-state index in [1.807, 2.05) is 48.5 Å². The van der Waals surface area contributed by atoms with Gasteiger partial charge in [0.2, 0.25) is 0 Å². The van der Waals surface area contributed by atoms with E-state index in [1.165, 1.54) is 25.7 Å². The molecule has 3 aromatic carbocycles. The standard InChI is InChI=1S/C29H33NO3/c31-28-24-16-18-27(32-19-21-9-3-1-4-10-21)29(33-20-22-11-5-2-6-12-22)25(24)15-17-26(28)30-23-13-7-8-14-23/h1-6,9-12,16,18,23,26,28,30-31H,7-8,13-15,17,19-20H2. The number of hydrogen-bond acceptors (Lipinski definition) is 4. The first kappa shape index (κ1) is 22.0. The fourth-order valence-electron chi connectivity index (χ4n) is 5.14. The molecule has 2 atom stereocenters. The molecule has 0 aromatic heterocycles. The molecule has 2 aliphatic rings. The summed E-state index contributed by atoms with van der Waals surface area (Å²) in [4.78, 5) is 0. The number of rotatable bonds is 8. The molecule has 0 spiro atoms. The molecular formula is C29H33NO3. The highest BCUT2D eigenvalue weighted by atomic mass is 16.5. The molecule has 1 saturated carbocycles. The summed E-state index contributed by atoms with van der Waals surface area (Å²) in [7, 11) is 0. The number of hydrogen-bond donors (Lipinski definition) is 2. The first-order valence-corrected chi connectivity index (χ1v) is 12.2. The summed E-state index contributed by atoms with van der Waals surface area (Å²) in [5, 5.41) is 15.0. The molecule has 4 heteroatoms. The van der Waals surface area contributed by atoms with Crippen molar-refractivity contribution in [1.29, 1.82) is 0 Å². The first-order chi connectivity index (χ1) is 16.3. The molecule has 1 fully saturated rings. The monoisotopic (exact) mass is 443 g/mol. The van der Waals surface area contributed by atoms with Crippen LogP contribution in [0.15, 0.2) is 72.8 Å². The zero-order chi connectivity index (χ0) is 22.5. The number of benzene rings is 3. The summed E-state index contributed by atoms with van der Waals surface area (Å²) < 4.78 is 12.6. The molecule has 2 aliphatic carbocycles. The minimum Gasteiger partial charge on any atom is -0.485 e. The predicted octanol–water partition coefficient (Wildman–Crippen LogP) is 5.73. The molecule has 0 amide bonds. The minimum atomic E-state index is -0.531. The SMILES string of the molecule is OC1c2ccc(OCc3ccccc3)c(OCc3ccccc3)c2CCC1NC1CCCC1. The van der Waals surface area contributed by atoms with Gasteiger partial charge in [-0.1, -0.05) is 79.6 Å². The average Bonchev–Trinajstić information content (AvgIpc) is 3.38. The average molecular weight is 444 g/mol. The van der Waals surface area contributed by atoms with E-state index >= 15 is 0 Å². The van der Waals surface area contributed by atoms with E-state index in [9.17, 15) is 5.11 Å². The smallest absolute Gasteiger partial charge is 0.165 e. The third kappa shape index (κ3) is 5.23. The second-order valence-electron chi connectivity index (χ2n) is 9.25. The van der Waals surface area contributed by atoms with E-state index in [0.717, 1.165) is 46.6 Å². The minimum absolute atomic E-state index is 0.0960. The maximum atomic E-state index is 11.2. The molecule has 172 valence electrons. The van der Waals surface area contributed by atoms with E-state index in [4.69, 9.17) is 9.47 Å². The second-order valence-corrected chi connectivity index (χ2v) is 9.25. The van der Waals surface area contributed by atoms with Crippen molar-refractivity contribution in [3.05, 3.63) is 95.1 Å². The quantitative estimate of drug-likeness (QED) is 0.467. The molecule has 0 heterocycles. The maximum Gasteiger partial charge on any atom is 0.165 e. The van der Waals surface area contributed by atoms with E-state index in [2.05, 4.69) is 29.6 Å². The number of aliphatic hydroxyl groups excluding tert-OH is 1. The number of aliphatic hydroxyl groups is 1. The first-order valence-electron chi connectivity index (χ1n) is 12.2. The molecule has 2 unspecified atom stereocenters. The van der Waals surface area contributed by atoms with Crippen LogP contribution < -0.4 is 14.8 Å². The lowest BCUT2D eigenvalue weighted by Crippen LogP contribution is -2.43. The zero-order valence-corrected chi connectivity index (χ0v) is 19.1. The van der Waals surface area contributed by atoms with Gasteiger partial charge in [0.1, 0.15) is 13.2 Å². The van der Waals surface area contributed by atoms with E-state index in [1.54, 1.807) is 0 Å². The topological polar surface area (TPSA) is 50.7 Å². The molecule has 0 radical (unpaired) electrons. The third-order valence-corrected chi connectivity index (χ3v) is 6.93. The summed E-state index contributed by atoms with van der Waals surface area (Å²) in [6, 6.07) is 25.0. The van der Waals surface area contributed by atoms with E-state index in [-0.39, 0.29) is 6.04 Å². The van der Waals surface area contributed by atoms with Crippen molar-refractivity contribution in [3.63, 3.8) is 0 Å². The van der Waals surface area contributed by atoms with Crippen molar-refractivity contribution in [3.8, 4) is 11.5 Å². The fourth-order valence-corrected chi connectivity index (χ4v) is 5.14. The Balaban J connectivity index is 1.39. The van der Waals surface area contributed by atoms with Crippen molar-refractivity contribution in [2.75, 3.05) is 0 Å². The van der Waals surface area contributed by atoms with Gasteiger partial charge in [-0.2, -0.15) is 0 Å². The van der Waals surface area contributed by atoms with Gasteiger partial charge in [-0.25, -0.2) is 0 Å². The van der Waals surface area contributed by atoms with Crippen molar-refractivity contribution in [1.82, 2.24) is 5.32 Å². The highest BCUT2D eigenvalue weighted by Gasteiger charge is 2.33. The normalized spacial score (nSPS) is 20.4. The Morgan fingerprint density at radius 2 is 1.39 bits per heavy atom. The summed E-state index contributed by atoms with van der Waals surface area (Å²) in [6.07, 6.45) is 6.24. The van der Waals surface area contributed by atoms with Gasteiger partial charge in [-0.15, -0.1) is 0 Å². The Bertz CT molecular complexity index is 1030. The van der Waals surface area contributed by atoms with Crippen LogP contribution in [-0.4, -0.2) is 17.2 Å². The van der Waals surface area contributed by atoms with Crippen molar-refractivity contribution >= 4 is 0 Å². The molecular weight excluding hydrogens is 410 g/mol. The number of ether oxygens (including phenoxy) is 2. The molecule has 3 aromatic rings. The molecule has 0 aliphatic heterocycles. The van der Waals surface area contributed by atoms with Gasteiger partial charge < -0.3 is 19.9 Å². The second kappa shape index (κ2) is 10.4. The van der Waals surface area contributed by atoms with E-state index < -0.39 is 6.10 Å². The van der Waals surface area contributed by atoms with Crippen LogP contribution in [0.25, 0.3) is 0 Å². The van der Waals surface area contributed by atoms with Crippen molar-refractivity contribution in [2.45, 2.75) is 69.9 Å². The van der Waals surface area contributed by atoms with Crippen LogP contribution in [0, 0.1) is 0 Å². The van der Waals surface area contributed by atoms with Crippen LogP contribution in [0.4, 0.5) is 0 Å². The van der Waals surface area contributed by atoms with Crippen LogP contribution in [0.5, 0.6) is 11.5 Å². The van der Waals surface area contributed by atoms with Crippen LogP contribution >= 0.6 is 0 Å². The van der Waals surface area contributed by atoms with Gasteiger partial charge in [-0.05, 0) is 48.4 Å². The Hall–Kier alpha value is -2.82. The molecule has 0 saturated heterocycles. The molecule has 4 nitrogen and oxygen atoms in total. The summed E-state index contributed by atoms with van der Waals surface area (Å²) >= 11 is 0. The Morgan fingerprint density at radius 1 is 0.758 bits per heavy atom. The zero-order valence-electron chi connectivity index (χ0n) is 19.1. The largest absolute Gasteiger partial charge is 0.485 e. The lowest BCUT2D eigenvalue weighted by molar-refractivity contribution is 0.107. The molecule has 2 N–H and O–H groups in total. The van der Waals surface area contributed by atoms with Crippen molar-refractivity contribution in [2.24, 2.45) is 0 Å². The van der Waals surface area contributed by atoms with Gasteiger partial charge in [0.15, 0.2) is 11.5 Å². The predicted molar refractivity (Wildman–Crippen MR) is 130 cm³/mol. The number of nitrogens with one attached hydrogen (secondary N) is 1. The lowest BCUT2D eigenvalue weighted by Gasteiger charge is -2.34. The Morgan fingerprint density at radius 3 is 2.06 bits per heavy atom. The molecule has 33 heavy (non-hydrogen) atoms. The Labute approximate surface area is 196 Å². The lowest BCUT2D eigenvalue weighted by atomic mass is 9.84. The summed E-state index contributed by atoms with van der Waals surface area (Å²) in [5.74, 6) is 1.51. The molecule has 0 bridgehead atoms. The summed E-state index contributed by atoms with van der Waals surface area (Å²) in [6.45, 7) is 0.953.